The Bertz CT molecular complexity index is 1980. The molecule has 0 aliphatic carbocycles. The molecule has 1 aromatic heterocycles. The number of hydrogen-bond acceptors (Lipinski definition) is 8. The van der Waals surface area contributed by atoms with Gasteiger partial charge in [-0.3, -0.25) is 9.69 Å². The highest BCUT2D eigenvalue weighted by atomic mass is 35.5. The van der Waals surface area contributed by atoms with Crippen molar-refractivity contribution < 1.29 is 23.4 Å². The van der Waals surface area contributed by atoms with Gasteiger partial charge in [0, 0.05) is 15.6 Å². The summed E-state index contributed by atoms with van der Waals surface area (Å²) in [5.74, 6) is 2.18. The molecule has 1 fully saturated rings. The van der Waals surface area contributed by atoms with Crippen molar-refractivity contribution in [1.82, 2.24) is 4.90 Å². The summed E-state index contributed by atoms with van der Waals surface area (Å²) in [7, 11) is 1.56. The van der Waals surface area contributed by atoms with Crippen LogP contribution in [0.15, 0.2) is 129 Å². The van der Waals surface area contributed by atoms with Crippen LogP contribution in [0, 0.1) is 0 Å². The molecule has 0 N–H and O–H groups in total. The number of thioether (sulfide) groups is 1. The SMILES string of the molecule is COc1cc(/C=N\N=C2\S/C(=C\c3cccc(OCc4ccccc4)c3)C(=O)N2Cc2ccco2)ccc1OCc1ccc(Cl)cc1Cl. The molecule has 0 radical (unpaired) electrons. The predicted octanol–water partition coefficient (Wildman–Crippen LogP) is 9.26. The van der Waals surface area contributed by atoms with E-state index < -0.39 is 0 Å². The Morgan fingerprint density at radius 3 is 2.52 bits per heavy atom. The van der Waals surface area contributed by atoms with Gasteiger partial charge in [0.15, 0.2) is 16.7 Å². The zero-order valence-corrected chi connectivity index (χ0v) is 28.0. The molecule has 48 heavy (non-hydrogen) atoms. The summed E-state index contributed by atoms with van der Waals surface area (Å²) in [6.07, 6.45) is 4.98. The van der Waals surface area contributed by atoms with Crippen LogP contribution < -0.4 is 14.2 Å². The fraction of sp³-hybridized carbons (Fsp3) is 0.108. The number of hydrogen-bond donors (Lipinski definition) is 0. The molecule has 5 aromatic rings. The summed E-state index contributed by atoms with van der Waals surface area (Å²) < 4.78 is 23.0. The van der Waals surface area contributed by atoms with Crippen LogP contribution in [0.2, 0.25) is 10.0 Å². The number of nitrogens with zero attached hydrogens (tertiary/aromatic N) is 3. The first-order chi connectivity index (χ1) is 23.4. The lowest BCUT2D eigenvalue weighted by atomic mass is 10.2. The van der Waals surface area contributed by atoms with Crippen LogP contribution in [0.25, 0.3) is 6.08 Å². The van der Waals surface area contributed by atoms with Crippen LogP contribution in [-0.2, 0) is 24.6 Å². The number of carbonyl (C=O) groups is 1. The molecule has 0 saturated carbocycles. The minimum atomic E-state index is -0.204. The molecule has 0 unspecified atom stereocenters. The first-order valence-electron chi connectivity index (χ1n) is 14.8. The minimum Gasteiger partial charge on any atom is -0.493 e. The fourth-order valence-electron chi connectivity index (χ4n) is 4.69. The van der Waals surface area contributed by atoms with E-state index in [9.17, 15) is 4.79 Å². The molecule has 2 heterocycles. The molecule has 0 spiro atoms. The number of furan rings is 1. The second-order valence-corrected chi connectivity index (χ2v) is 12.3. The van der Waals surface area contributed by atoms with E-state index in [0.717, 1.165) is 22.3 Å². The van der Waals surface area contributed by atoms with Gasteiger partial charge in [-0.1, -0.05) is 71.7 Å². The predicted molar refractivity (Wildman–Crippen MR) is 191 cm³/mol. The van der Waals surface area contributed by atoms with Crippen molar-refractivity contribution in [2.45, 2.75) is 19.8 Å². The van der Waals surface area contributed by atoms with Crippen LogP contribution in [0.1, 0.15) is 28.0 Å². The zero-order chi connectivity index (χ0) is 33.3. The third-order valence-corrected chi connectivity index (χ3v) is 8.71. The van der Waals surface area contributed by atoms with Crippen LogP contribution in [0.5, 0.6) is 17.2 Å². The smallest absolute Gasteiger partial charge is 0.267 e. The molecular weight excluding hydrogens is 669 g/mol. The van der Waals surface area contributed by atoms with E-state index in [1.807, 2.05) is 78.9 Å². The van der Waals surface area contributed by atoms with Gasteiger partial charge in [-0.15, -0.1) is 5.10 Å². The fourth-order valence-corrected chi connectivity index (χ4v) is 6.09. The largest absolute Gasteiger partial charge is 0.493 e. The quantitative estimate of drug-likeness (QED) is 0.0734. The molecule has 242 valence electrons. The normalized spacial score (nSPS) is 14.7. The second-order valence-electron chi connectivity index (χ2n) is 10.5. The first-order valence-corrected chi connectivity index (χ1v) is 16.4. The molecule has 0 bridgehead atoms. The van der Waals surface area contributed by atoms with Gasteiger partial charge in [-0.2, -0.15) is 5.10 Å². The number of amides is 1. The average molecular weight is 699 g/mol. The van der Waals surface area contributed by atoms with Gasteiger partial charge in [0.05, 0.1) is 31.0 Å². The highest BCUT2D eigenvalue weighted by Crippen LogP contribution is 2.35. The third kappa shape index (κ3) is 8.49. The Morgan fingerprint density at radius 2 is 1.73 bits per heavy atom. The molecule has 1 aliphatic rings. The van der Waals surface area contributed by atoms with Crippen LogP contribution in [-0.4, -0.2) is 29.3 Å². The lowest BCUT2D eigenvalue weighted by molar-refractivity contribution is -0.122. The Labute approximate surface area is 292 Å². The van der Waals surface area contributed by atoms with Gasteiger partial charge in [0.1, 0.15) is 24.7 Å². The van der Waals surface area contributed by atoms with Gasteiger partial charge in [0.2, 0.25) is 0 Å². The zero-order valence-electron chi connectivity index (χ0n) is 25.7. The van der Waals surface area contributed by atoms with Crippen molar-refractivity contribution in [1.29, 1.82) is 0 Å². The Kier molecular flexibility index (Phi) is 10.8. The molecule has 8 nitrogen and oxygen atoms in total. The van der Waals surface area contributed by atoms with E-state index in [1.165, 1.54) is 11.8 Å². The summed E-state index contributed by atoms with van der Waals surface area (Å²) >= 11 is 13.5. The monoisotopic (exact) mass is 697 g/mol. The van der Waals surface area contributed by atoms with Gasteiger partial charge in [0.25, 0.3) is 5.91 Å². The number of benzene rings is 4. The molecule has 11 heteroatoms. The number of carbonyl (C=O) groups excluding carboxylic acids is 1. The summed E-state index contributed by atoms with van der Waals surface area (Å²) in [6.45, 7) is 0.896. The second kappa shape index (κ2) is 15.8. The van der Waals surface area contributed by atoms with Crippen LogP contribution >= 0.6 is 35.0 Å². The third-order valence-electron chi connectivity index (χ3n) is 7.12. The first kappa shape index (κ1) is 33.0. The van der Waals surface area contributed by atoms with Gasteiger partial charge >= 0.3 is 0 Å². The van der Waals surface area contributed by atoms with E-state index in [4.69, 9.17) is 41.8 Å². The van der Waals surface area contributed by atoms with Crippen molar-refractivity contribution in [3.8, 4) is 17.2 Å². The molecule has 1 saturated heterocycles. The number of amidine groups is 1. The van der Waals surface area contributed by atoms with Crippen molar-refractivity contribution in [3.05, 3.63) is 152 Å². The number of ether oxygens (including phenoxy) is 3. The number of methoxy groups -OCH3 is 1. The van der Waals surface area contributed by atoms with Crippen molar-refractivity contribution >= 4 is 58.3 Å². The topological polar surface area (TPSA) is 85.9 Å². The summed E-state index contributed by atoms with van der Waals surface area (Å²) in [4.78, 5) is 15.6. The van der Waals surface area contributed by atoms with Crippen molar-refractivity contribution in [2.24, 2.45) is 10.2 Å². The van der Waals surface area contributed by atoms with E-state index in [-0.39, 0.29) is 19.1 Å². The summed E-state index contributed by atoms with van der Waals surface area (Å²) in [5, 5.41) is 10.2. The van der Waals surface area contributed by atoms with Gasteiger partial charge < -0.3 is 18.6 Å². The highest BCUT2D eigenvalue weighted by Gasteiger charge is 2.34. The molecule has 1 amide bonds. The number of rotatable bonds is 12. The maximum absolute atomic E-state index is 13.6. The van der Waals surface area contributed by atoms with Crippen molar-refractivity contribution in [3.63, 3.8) is 0 Å². The summed E-state index contributed by atoms with van der Waals surface area (Å²) in [6, 6.07) is 31.8. The maximum Gasteiger partial charge on any atom is 0.267 e. The molecule has 0 atom stereocenters. The highest BCUT2D eigenvalue weighted by molar-refractivity contribution is 8.18. The van der Waals surface area contributed by atoms with E-state index in [0.29, 0.717) is 49.7 Å². The molecule has 4 aromatic carbocycles. The van der Waals surface area contributed by atoms with Crippen LogP contribution in [0.4, 0.5) is 0 Å². The Morgan fingerprint density at radius 1 is 0.854 bits per heavy atom. The molecular formula is C37H29Cl2N3O5S. The van der Waals surface area contributed by atoms with E-state index in [1.54, 1.807) is 54.8 Å². The van der Waals surface area contributed by atoms with Gasteiger partial charge in [-0.05, 0) is 89.1 Å². The Balaban J connectivity index is 1.18. The van der Waals surface area contributed by atoms with Crippen LogP contribution in [0.3, 0.4) is 0 Å². The van der Waals surface area contributed by atoms with E-state index >= 15 is 0 Å². The van der Waals surface area contributed by atoms with E-state index in [2.05, 4.69) is 10.2 Å². The van der Waals surface area contributed by atoms with Crippen molar-refractivity contribution in [2.75, 3.05) is 7.11 Å². The molecule has 1 aliphatic heterocycles. The minimum absolute atomic E-state index is 0.204. The lowest BCUT2D eigenvalue weighted by Gasteiger charge is -2.13. The standard InChI is InChI=1S/C37H29Cl2N3O5S/c1-44-34-18-27(12-15-33(34)47-24-28-13-14-29(38)20-32(28)39)21-40-41-37-42(22-31-11-6-16-45-31)36(43)35(48-37)19-26-9-5-10-30(17-26)46-23-25-7-3-2-4-8-25/h2-21H,22-24H2,1H3/b35-19-,40-21-,41-37+. The lowest BCUT2D eigenvalue weighted by Crippen LogP contribution is -2.28. The summed E-state index contributed by atoms with van der Waals surface area (Å²) in [5.41, 5.74) is 3.42. The number of halogens is 2. The average Bonchev–Trinajstić information content (AvgIpc) is 3.72. The maximum atomic E-state index is 13.6. The molecule has 6 rings (SSSR count). The van der Waals surface area contributed by atoms with Gasteiger partial charge in [-0.25, -0.2) is 0 Å². The Hall–Kier alpha value is -4.96.